The van der Waals surface area contributed by atoms with E-state index in [1.807, 2.05) is 0 Å². The Morgan fingerprint density at radius 1 is 0.879 bits per heavy atom. The first kappa shape index (κ1) is 23.4. The molecule has 0 fully saturated rings. The predicted molar refractivity (Wildman–Crippen MR) is 129 cm³/mol. The van der Waals surface area contributed by atoms with E-state index in [9.17, 15) is 20.1 Å². The summed E-state index contributed by atoms with van der Waals surface area (Å²) >= 11 is 2.92. The summed E-state index contributed by atoms with van der Waals surface area (Å²) in [7, 11) is 0. The van der Waals surface area contributed by atoms with Crippen molar-refractivity contribution in [1.29, 1.82) is 10.5 Å². The minimum Gasteiger partial charge on any atom is -0.362 e. The molecule has 2 aromatic heterocycles. The van der Waals surface area contributed by atoms with Gasteiger partial charge < -0.3 is 15.4 Å². The highest BCUT2D eigenvalue weighted by Gasteiger charge is 2.26. The molecule has 2 aliphatic carbocycles. The van der Waals surface area contributed by atoms with Crippen molar-refractivity contribution in [2.45, 2.75) is 52.4 Å². The highest BCUT2D eigenvalue weighted by molar-refractivity contribution is 7.17. The second-order valence-electron chi connectivity index (χ2n) is 8.92. The highest BCUT2D eigenvalue weighted by atomic mass is 32.1. The summed E-state index contributed by atoms with van der Waals surface area (Å²) in [5.41, 5.74) is 3.20. The summed E-state index contributed by atoms with van der Waals surface area (Å²) in [4.78, 5) is 27.0. The number of hydrogen-bond donors (Lipinski definition) is 2. The van der Waals surface area contributed by atoms with Crippen molar-refractivity contribution in [2.75, 3.05) is 23.8 Å². The van der Waals surface area contributed by atoms with Crippen LogP contribution in [0.5, 0.6) is 0 Å². The van der Waals surface area contributed by atoms with Gasteiger partial charge in [0, 0.05) is 9.75 Å². The Morgan fingerprint density at radius 3 is 1.70 bits per heavy atom. The number of ether oxygens (including phenoxy) is 1. The van der Waals surface area contributed by atoms with E-state index < -0.39 is 11.8 Å². The van der Waals surface area contributed by atoms with Gasteiger partial charge in [-0.15, -0.1) is 22.7 Å². The number of anilines is 2. The van der Waals surface area contributed by atoms with E-state index in [-0.39, 0.29) is 13.2 Å². The standard InChI is InChI=1S/C24H26N4O3S2/c1-13-3-5-15-17(9-25)23(32-19(15)7-13)27-21(29)11-31-12-22(30)28-24-18(10-26)16-6-4-14(2)8-20(16)33-24/h13-14H,3-8,11-12H2,1-2H3,(H,27,29)(H,28,30)/t13-,14+. The van der Waals surface area contributed by atoms with Crippen LogP contribution in [0.1, 0.15) is 58.7 Å². The summed E-state index contributed by atoms with van der Waals surface area (Å²) in [6.07, 6.45) is 5.66. The van der Waals surface area contributed by atoms with Gasteiger partial charge in [-0.25, -0.2) is 0 Å². The number of thiophene rings is 2. The van der Waals surface area contributed by atoms with Gasteiger partial charge in [0.1, 0.15) is 35.4 Å². The van der Waals surface area contributed by atoms with Gasteiger partial charge in [0.25, 0.3) is 11.8 Å². The number of nitrogens with one attached hydrogen (secondary N) is 2. The number of carbonyl (C=O) groups excluding carboxylic acids is 2. The van der Waals surface area contributed by atoms with Crippen molar-refractivity contribution < 1.29 is 14.3 Å². The van der Waals surface area contributed by atoms with Crippen molar-refractivity contribution in [3.8, 4) is 12.1 Å². The van der Waals surface area contributed by atoms with Crippen molar-refractivity contribution >= 4 is 44.5 Å². The molecule has 0 bridgehead atoms. The summed E-state index contributed by atoms with van der Waals surface area (Å²) in [6.45, 7) is 3.80. The van der Waals surface area contributed by atoms with Crippen LogP contribution in [-0.4, -0.2) is 25.0 Å². The maximum atomic E-state index is 12.3. The molecular weight excluding hydrogens is 456 g/mol. The summed E-state index contributed by atoms with van der Waals surface area (Å²) in [5, 5.41) is 25.8. The smallest absolute Gasteiger partial charge is 0.251 e. The molecule has 7 nitrogen and oxygen atoms in total. The zero-order chi connectivity index (χ0) is 23.5. The van der Waals surface area contributed by atoms with Gasteiger partial charge in [-0.1, -0.05) is 13.8 Å². The number of nitrogens with zero attached hydrogens (tertiary/aromatic N) is 2. The van der Waals surface area contributed by atoms with Crippen LogP contribution in [0.2, 0.25) is 0 Å². The third-order valence-corrected chi connectivity index (χ3v) is 8.56. The Hall–Kier alpha value is -2.72. The quantitative estimate of drug-likeness (QED) is 0.633. The van der Waals surface area contributed by atoms with Crippen molar-refractivity contribution in [2.24, 2.45) is 11.8 Å². The van der Waals surface area contributed by atoms with E-state index >= 15 is 0 Å². The van der Waals surface area contributed by atoms with Crippen LogP contribution in [0, 0.1) is 34.5 Å². The average molecular weight is 483 g/mol. The van der Waals surface area contributed by atoms with Crippen molar-refractivity contribution in [1.82, 2.24) is 0 Å². The fourth-order valence-corrected chi connectivity index (χ4v) is 7.23. The molecule has 2 aliphatic rings. The first-order valence-corrected chi connectivity index (χ1v) is 12.8. The molecule has 2 N–H and O–H groups in total. The predicted octanol–water partition coefficient (Wildman–Crippen LogP) is 4.40. The minimum atomic E-state index is -0.399. The van der Waals surface area contributed by atoms with E-state index in [4.69, 9.17) is 4.74 Å². The highest BCUT2D eigenvalue weighted by Crippen LogP contribution is 2.40. The number of rotatable bonds is 6. The molecule has 0 saturated carbocycles. The molecule has 2 amide bonds. The second-order valence-corrected chi connectivity index (χ2v) is 11.1. The lowest BCUT2D eigenvalue weighted by atomic mass is 9.89. The van der Waals surface area contributed by atoms with Gasteiger partial charge in [-0.2, -0.15) is 10.5 Å². The van der Waals surface area contributed by atoms with Gasteiger partial charge in [0.05, 0.1) is 11.1 Å². The van der Waals surface area contributed by atoms with Crippen molar-refractivity contribution in [3.63, 3.8) is 0 Å². The number of fused-ring (bicyclic) bond motifs is 2. The summed E-state index contributed by atoms with van der Waals surface area (Å²) in [5.74, 6) is 0.354. The Morgan fingerprint density at radius 2 is 1.30 bits per heavy atom. The van der Waals surface area contributed by atoms with Crippen LogP contribution in [0.25, 0.3) is 0 Å². The summed E-state index contributed by atoms with van der Waals surface area (Å²) < 4.78 is 5.31. The van der Waals surface area contributed by atoms with Crippen LogP contribution < -0.4 is 10.6 Å². The van der Waals surface area contributed by atoms with E-state index in [1.54, 1.807) is 0 Å². The number of nitriles is 2. The molecule has 0 radical (unpaired) electrons. The first-order chi connectivity index (χ1) is 15.9. The number of hydrogen-bond acceptors (Lipinski definition) is 7. The minimum absolute atomic E-state index is 0.291. The monoisotopic (exact) mass is 482 g/mol. The Kier molecular flexibility index (Phi) is 7.14. The van der Waals surface area contributed by atoms with Gasteiger partial charge in [0.15, 0.2) is 0 Å². The maximum absolute atomic E-state index is 12.3. The lowest BCUT2D eigenvalue weighted by molar-refractivity contribution is -0.125. The average Bonchev–Trinajstić information content (AvgIpc) is 3.28. The SMILES string of the molecule is C[C@@H]1CCc2c(sc(NC(=O)COCC(=O)Nc3sc4c(c3C#N)CC[C@H](C)C4)c2C#N)C1. The molecule has 2 aromatic rings. The van der Waals surface area contributed by atoms with E-state index in [0.717, 1.165) is 49.7 Å². The zero-order valence-electron chi connectivity index (χ0n) is 18.7. The molecule has 33 heavy (non-hydrogen) atoms. The van der Waals surface area contributed by atoms with E-state index in [0.29, 0.717) is 33.0 Å². The van der Waals surface area contributed by atoms with Crippen LogP contribution in [-0.2, 0) is 40.0 Å². The summed E-state index contributed by atoms with van der Waals surface area (Å²) in [6, 6.07) is 4.45. The van der Waals surface area contributed by atoms with Crippen molar-refractivity contribution in [3.05, 3.63) is 32.0 Å². The Labute approximate surface area is 201 Å². The van der Waals surface area contributed by atoms with Crippen LogP contribution in [0.3, 0.4) is 0 Å². The van der Waals surface area contributed by atoms with Gasteiger partial charge in [-0.05, 0) is 61.5 Å². The number of amides is 2. The molecule has 4 rings (SSSR count). The third-order valence-electron chi connectivity index (χ3n) is 6.22. The molecule has 0 saturated heterocycles. The van der Waals surface area contributed by atoms with Gasteiger partial charge in [-0.3, -0.25) is 9.59 Å². The number of carbonyl (C=O) groups is 2. The Bertz CT molecular complexity index is 1080. The molecule has 0 aliphatic heterocycles. The maximum Gasteiger partial charge on any atom is 0.251 e. The van der Waals surface area contributed by atoms with Gasteiger partial charge in [0.2, 0.25) is 0 Å². The molecular formula is C24H26N4O3S2. The third kappa shape index (κ3) is 5.11. The zero-order valence-corrected chi connectivity index (χ0v) is 20.4. The molecule has 172 valence electrons. The van der Waals surface area contributed by atoms with E-state index in [2.05, 4.69) is 36.6 Å². The fraction of sp³-hybridized carbons (Fsp3) is 0.500. The first-order valence-electron chi connectivity index (χ1n) is 11.2. The molecule has 2 atom stereocenters. The molecule has 2 heterocycles. The van der Waals surface area contributed by atoms with Crippen LogP contribution in [0.4, 0.5) is 10.0 Å². The van der Waals surface area contributed by atoms with Crippen LogP contribution >= 0.6 is 22.7 Å². The molecule has 0 spiro atoms. The normalized spacial score (nSPS) is 19.0. The molecule has 0 unspecified atom stereocenters. The van der Waals surface area contributed by atoms with E-state index in [1.165, 1.54) is 32.4 Å². The Balaban J connectivity index is 1.30. The van der Waals surface area contributed by atoms with Gasteiger partial charge >= 0.3 is 0 Å². The lowest BCUT2D eigenvalue weighted by Gasteiger charge is -2.17. The van der Waals surface area contributed by atoms with Crippen LogP contribution in [0.15, 0.2) is 0 Å². The lowest BCUT2D eigenvalue weighted by Crippen LogP contribution is -2.24. The molecule has 0 aromatic carbocycles. The fourth-order valence-electron chi connectivity index (χ4n) is 4.48. The molecule has 9 heteroatoms. The topological polar surface area (TPSA) is 115 Å². The largest absolute Gasteiger partial charge is 0.362 e. The second kappa shape index (κ2) is 10.0.